The summed E-state index contributed by atoms with van der Waals surface area (Å²) in [5.41, 5.74) is 2.42. The molecule has 2 aromatic carbocycles. The minimum atomic E-state index is -3.87. The van der Waals surface area contributed by atoms with Crippen molar-refractivity contribution in [2.75, 3.05) is 18.4 Å². The van der Waals surface area contributed by atoms with Gasteiger partial charge in [0.25, 0.3) is 0 Å². The average molecular weight is 510 g/mol. The molecule has 3 aromatic rings. The van der Waals surface area contributed by atoms with Crippen LogP contribution in [-0.2, 0) is 14.8 Å². The van der Waals surface area contributed by atoms with E-state index in [9.17, 15) is 13.2 Å². The minimum absolute atomic E-state index is 0.0426. The predicted octanol–water partition coefficient (Wildman–Crippen LogP) is 5.46. The number of aryl methyl sites for hydroxylation is 1. The first-order chi connectivity index (χ1) is 15.2. The highest BCUT2D eigenvalue weighted by Gasteiger charge is 2.34. The predicted molar refractivity (Wildman–Crippen MR) is 129 cm³/mol. The molecule has 0 radical (unpaired) electrons. The molecule has 1 fully saturated rings. The summed E-state index contributed by atoms with van der Waals surface area (Å²) in [5.74, 6) is -0.685. The zero-order chi connectivity index (χ0) is 22.9. The van der Waals surface area contributed by atoms with Crippen LogP contribution < -0.4 is 5.32 Å². The van der Waals surface area contributed by atoms with E-state index in [4.69, 9.17) is 23.2 Å². The van der Waals surface area contributed by atoms with Crippen LogP contribution in [0, 0.1) is 12.8 Å². The molecule has 6 nitrogen and oxygen atoms in total. The van der Waals surface area contributed by atoms with E-state index in [-0.39, 0.29) is 27.4 Å². The molecule has 1 N–H and O–H groups in total. The van der Waals surface area contributed by atoms with Gasteiger partial charge in [-0.25, -0.2) is 13.4 Å². The number of amides is 1. The maximum absolute atomic E-state index is 13.1. The molecule has 4 rings (SSSR count). The Morgan fingerprint density at radius 1 is 1.22 bits per heavy atom. The molecule has 1 amide bonds. The first-order valence-electron chi connectivity index (χ1n) is 10.0. The van der Waals surface area contributed by atoms with Gasteiger partial charge in [0, 0.05) is 34.7 Å². The Kier molecular flexibility index (Phi) is 6.88. The number of carbonyl (C=O) groups excluding carboxylic acids is 1. The van der Waals surface area contributed by atoms with Gasteiger partial charge < -0.3 is 5.32 Å². The molecule has 1 atom stereocenters. The largest absolute Gasteiger partial charge is 0.326 e. The number of hydrogen-bond acceptors (Lipinski definition) is 5. The molecule has 168 valence electrons. The van der Waals surface area contributed by atoms with Crippen LogP contribution in [0.15, 0.2) is 52.7 Å². The molecule has 1 aromatic heterocycles. The molecule has 0 aliphatic carbocycles. The van der Waals surface area contributed by atoms with Gasteiger partial charge in [-0.3, -0.25) is 4.79 Å². The van der Waals surface area contributed by atoms with Crippen molar-refractivity contribution in [3.8, 4) is 11.3 Å². The van der Waals surface area contributed by atoms with Crippen LogP contribution in [-0.4, -0.2) is 36.7 Å². The summed E-state index contributed by atoms with van der Waals surface area (Å²) >= 11 is 13.7. The van der Waals surface area contributed by atoms with Crippen molar-refractivity contribution in [2.45, 2.75) is 24.7 Å². The zero-order valence-electron chi connectivity index (χ0n) is 17.2. The van der Waals surface area contributed by atoms with Crippen LogP contribution in [0.25, 0.3) is 11.3 Å². The van der Waals surface area contributed by atoms with Gasteiger partial charge in [0.05, 0.1) is 21.6 Å². The van der Waals surface area contributed by atoms with E-state index in [2.05, 4.69) is 10.3 Å². The number of thiazole rings is 1. The molecule has 0 saturated carbocycles. The fourth-order valence-electron chi connectivity index (χ4n) is 3.69. The topological polar surface area (TPSA) is 79.4 Å². The summed E-state index contributed by atoms with van der Waals surface area (Å²) in [4.78, 5) is 17.4. The van der Waals surface area contributed by atoms with Gasteiger partial charge in [-0.15, -0.1) is 11.3 Å². The van der Waals surface area contributed by atoms with E-state index in [1.807, 2.05) is 36.6 Å². The molecular weight excluding hydrogens is 489 g/mol. The highest BCUT2D eigenvalue weighted by molar-refractivity contribution is 7.89. The lowest BCUT2D eigenvalue weighted by Gasteiger charge is -2.31. The summed E-state index contributed by atoms with van der Waals surface area (Å²) in [5, 5.41) is 6.27. The number of anilines is 1. The molecule has 0 bridgehead atoms. The number of hydrogen-bond donors (Lipinski definition) is 1. The first kappa shape index (κ1) is 23.2. The molecule has 0 spiro atoms. The van der Waals surface area contributed by atoms with Crippen LogP contribution in [0.2, 0.25) is 10.0 Å². The number of aromatic nitrogens is 1. The van der Waals surface area contributed by atoms with Gasteiger partial charge >= 0.3 is 0 Å². The summed E-state index contributed by atoms with van der Waals surface area (Å²) in [7, 11) is -3.87. The minimum Gasteiger partial charge on any atom is -0.326 e. The molecule has 0 unspecified atom stereocenters. The summed E-state index contributed by atoms with van der Waals surface area (Å²) < 4.78 is 27.6. The summed E-state index contributed by atoms with van der Waals surface area (Å²) in [6, 6.07) is 11.8. The number of sulfonamides is 1. The van der Waals surface area contributed by atoms with Crippen molar-refractivity contribution in [3.63, 3.8) is 0 Å². The fourth-order valence-corrected chi connectivity index (χ4v) is 6.57. The monoisotopic (exact) mass is 509 g/mol. The fraction of sp³-hybridized carbons (Fsp3) is 0.273. The number of nitrogens with one attached hydrogen (secondary N) is 1. The Balaban J connectivity index is 1.49. The zero-order valence-corrected chi connectivity index (χ0v) is 20.4. The van der Waals surface area contributed by atoms with Crippen LogP contribution in [0.3, 0.4) is 0 Å². The van der Waals surface area contributed by atoms with Crippen LogP contribution in [0.5, 0.6) is 0 Å². The summed E-state index contributed by atoms with van der Waals surface area (Å²) in [6.45, 7) is 2.36. The van der Waals surface area contributed by atoms with Crippen LogP contribution in [0.4, 0.5) is 5.69 Å². The van der Waals surface area contributed by atoms with Crippen LogP contribution in [0.1, 0.15) is 17.8 Å². The van der Waals surface area contributed by atoms with Crippen molar-refractivity contribution in [3.05, 3.63) is 62.9 Å². The van der Waals surface area contributed by atoms with Gasteiger partial charge in [0.2, 0.25) is 15.9 Å². The number of nitrogens with zero attached hydrogens (tertiary/aromatic N) is 2. The summed E-state index contributed by atoms with van der Waals surface area (Å²) in [6.07, 6.45) is 1.18. The van der Waals surface area contributed by atoms with Crippen molar-refractivity contribution in [2.24, 2.45) is 5.92 Å². The first-order valence-corrected chi connectivity index (χ1v) is 13.1. The normalized spacial score (nSPS) is 17.3. The van der Waals surface area contributed by atoms with Crippen molar-refractivity contribution in [1.82, 2.24) is 9.29 Å². The molecule has 1 aliphatic rings. The van der Waals surface area contributed by atoms with Crippen molar-refractivity contribution < 1.29 is 13.2 Å². The lowest BCUT2D eigenvalue weighted by atomic mass is 9.98. The molecule has 10 heteroatoms. The van der Waals surface area contributed by atoms with Gasteiger partial charge in [-0.1, -0.05) is 35.3 Å². The van der Waals surface area contributed by atoms with E-state index in [1.165, 1.54) is 22.5 Å². The van der Waals surface area contributed by atoms with Gasteiger partial charge in [0.1, 0.15) is 4.90 Å². The Labute approximate surface area is 201 Å². The van der Waals surface area contributed by atoms with Crippen LogP contribution >= 0.6 is 34.5 Å². The Hall–Kier alpha value is -1.97. The number of piperidine rings is 1. The maximum Gasteiger partial charge on any atom is 0.244 e. The van der Waals surface area contributed by atoms with Crippen molar-refractivity contribution in [1.29, 1.82) is 0 Å². The van der Waals surface area contributed by atoms with Crippen molar-refractivity contribution >= 4 is 56.2 Å². The highest BCUT2D eigenvalue weighted by Crippen LogP contribution is 2.31. The van der Waals surface area contributed by atoms with Gasteiger partial charge in [-0.2, -0.15) is 4.31 Å². The van der Waals surface area contributed by atoms with E-state index in [1.54, 1.807) is 11.3 Å². The Morgan fingerprint density at radius 2 is 2.03 bits per heavy atom. The number of rotatable bonds is 5. The van der Waals surface area contributed by atoms with E-state index >= 15 is 0 Å². The average Bonchev–Trinajstić information content (AvgIpc) is 3.22. The molecular formula is C22H21Cl2N3O3S2. The third-order valence-corrected chi connectivity index (χ3v) is 8.67. The number of carbonyl (C=O) groups is 1. The molecule has 1 aliphatic heterocycles. The lowest BCUT2D eigenvalue weighted by Crippen LogP contribution is -2.43. The molecule has 1 saturated heterocycles. The second-order valence-electron chi connectivity index (χ2n) is 7.60. The Morgan fingerprint density at radius 3 is 2.78 bits per heavy atom. The smallest absolute Gasteiger partial charge is 0.244 e. The Bertz CT molecular complexity index is 1260. The third-order valence-electron chi connectivity index (χ3n) is 5.31. The number of benzene rings is 2. The van der Waals surface area contributed by atoms with E-state index < -0.39 is 15.9 Å². The SMILES string of the molecule is Cc1nc(-c2cccc(NC(=O)[C@@H]3CCCN(S(=O)(=O)c4cc(Cl)ccc4Cl)C3)c2)cs1. The van der Waals surface area contributed by atoms with E-state index in [0.29, 0.717) is 25.1 Å². The van der Waals surface area contributed by atoms with E-state index in [0.717, 1.165) is 16.3 Å². The molecule has 2 heterocycles. The molecule has 32 heavy (non-hydrogen) atoms. The standard InChI is InChI=1S/C22H21Cl2N3O3S2/c1-14-25-20(13-31-14)15-4-2-6-18(10-15)26-22(28)16-5-3-9-27(12-16)32(29,30)21-11-17(23)7-8-19(21)24/h2,4,6-8,10-11,13,16H,3,5,9,12H2,1H3,(H,26,28)/t16-/m1/s1. The maximum atomic E-state index is 13.1. The van der Waals surface area contributed by atoms with Gasteiger partial charge in [-0.05, 0) is 50.1 Å². The van der Waals surface area contributed by atoms with Gasteiger partial charge in [0.15, 0.2) is 0 Å². The highest BCUT2D eigenvalue weighted by atomic mass is 35.5. The lowest BCUT2D eigenvalue weighted by molar-refractivity contribution is -0.120. The quantitative estimate of drug-likeness (QED) is 0.494. The third kappa shape index (κ3) is 5.00. The second kappa shape index (κ2) is 9.49. The number of halogens is 2. The second-order valence-corrected chi connectivity index (χ2v) is 11.4.